The number of hydrogen-bond donors (Lipinski definition) is 3. The fourth-order valence-corrected chi connectivity index (χ4v) is 1.84. The lowest BCUT2D eigenvalue weighted by Gasteiger charge is -2.13. The predicted molar refractivity (Wildman–Crippen MR) is 80.2 cm³/mol. The molecule has 0 bridgehead atoms. The van der Waals surface area contributed by atoms with Gasteiger partial charge in [-0.25, -0.2) is 4.79 Å². The number of H-pyrrole nitrogens is 1. The number of aromatic amines is 1. The van der Waals surface area contributed by atoms with Gasteiger partial charge in [0.2, 0.25) is 0 Å². The van der Waals surface area contributed by atoms with Gasteiger partial charge in [0.15, 0.2) is 0 Å². The molecular weight excluding hydrogens is 260 g/mol. The number of hydrogen-bond acceptors (Lipinski definition) is 5. The summed E-state index contributed by atoms with van der Waals surface area (Å²) in [5, 5.41) is 2.98. The zero-order chi connectivity index (χ0) is 15.0. The molecule has 114 valence electrons. The first-order valence-electron chi connectivity index (χ1n) is 7.06. The lowest BCUT2D eigenvalue weighted by Crippen LogP contribution is -2.34. The van der Waals surface area contributed by atoms with E-state index in [9.17, 15) is 9.59 Å². The Bertz CT molecular complexity index is 521. The Morgan fingerprint density at radius 3 is 2.65 bits per heavy atom. The number of anilines is 2. The Balaban J connectivity index is 2.68. The number of rotatable bonds is 9. The van der Waals surface area contributed by atoms with Crippen molar-refractivity contribution in [3.05, 3.63) is 20.8 Å². The van der Waals surface area contributed by atoms with E-state index in [1.54, 1.807) is 0 Å². The predicted octanol–water partition coefficient (Wildman–Crippen LogP) is 0.757. The smallest absolute Gasteiger partial charge is 0.330 e. The normalized spacial score (nSPS) is 10.7. The Labute approximate surface area is 118 Å². The average Bonchev–Trinajstić information content (AvgIpc) is 2.41. The van der Waals surface area contributed by atoms with E-state index in [0.717, 1.165) is 25.9 Å². The van der Waals surface area contributed by atoms with Crippen molar-refractivity contribution in [3.63, 3.8) is 0 Å². The van der Waals surface area contributed by atoms with Crippen LogP contribution in [-0.2, 0) is 11.3 Å². The molecule has 0 aliphatic carbocycles. The van der Waals surface area contributed by atoms with Crippen molar-refractivity contribution >= 4 is 11.5 Å². The van der Waals surface area contributed by atoms with Crippen LogP contribution in [0.25, 0.3) is 0 Å². The molecule has 20 heavy (non-hydrogen) atoms. The van der Waals surface area contributed by atoms with Gasteiger partial charge in [0.05, 0.1) is 0 Å². The lowest BCUT2D eigenvalue weighted by atomic mass is 10.3. The summed E-state index contributed by atoms with van der Waals surface area (Å²) >= 11 is 0. The summed E-state index contributed by atoms with van der Waals surface area (Å²) in [6.45, 7) is 6.42. The van der Waals surface area contributed by atoms with Crippen LogP contribution < -0.4 is 22.3 Å². The van der Waals surface area contributed by atoms with Crippen molar-refractivity contribution in [1.82, 2.24) is 9.55 Å². The quantitative estimate of drug-likeness (QED) is 0.581. The molecule has 7 nitrogen and oxygen atoms in total. The van der Waals surface area contributed by atoms with E-state index in [2.05, 4.69) is 17.2 Å². The molecule has 1 aromatic rings. The maximum Gasteiger partial charge on any atom is 0.330 e. The summed E-state index contributed by atoms with van der Waals surface area (Å²) in [7, 11) is 0. The third-order valence-corrected chi connectivity index (χ3v) is 2.80. The second kappa shape index (κ2) is 8.42. The van der Waals surface area contributed by atoms with E-state index in [1.807, 2.05) is 6.92 Å². The Morgan fingerprint density at radius 2 is 2.00 bits per heavy atom. The molecule has 0 unspecified atom stereocenters. The third kappa shape index (κ3) is 4.41. The molecule has 0 fully saturated rings. The highest BCUT2D eigenvalue weighted by molar-refractivity contribution is 5.60. The average molecular weight is 284 g/mol. The molecule has 4 N–H and O–H groups in total. The summed E-state index contributed by atoms with van der Waals surface area (Å²) in [5.74, 6) is 0.190. The van der Waals surface area contributed by atoms with Gasteiger partial charge >= 0.3 is 5.69 Å². The molecule has 7 heteroatoms. The maximum absolute atomic E-state index is 11.7. The van der Waals surface area contributed by atoms with E-state index in [-0.39, 0.29) is 11.5 Å². The first-order valence-corrected chi connectivity index (χ1v) is 7.06. The number of aromatic nitrogens is 2. The zero-order valence-corrected chi connectivity index (χ0v) is 12.2. The fourth-order valence-electron chi connectivity index (χ4n) is 1.84. The van der Waals surface area contributed by atoms with Gasteiger partial charge < -0.3 is 15.8 Å². The Morgan fingerprint density at radius 1 is 1.25 bits per heavy atom. The van der Waals surface area contributed by atoms with E-state index in [0.29, 0.717) is 19.7 Å². The van der Waals surface area contributed by atoms with Gasteiger partial charge in [-0.05, 0) is 19.3 Å². The minimum atomic E-state index is -0.477. The topological polar surface area (TPSA) is 102 Å². The Hall–Kier alpha value is -1.76. The van der Waals surface area contributed by atoms with Crippen molar-refractivity contribution in [3.8, 4) is 0 Å². The number of nitrogens with one attached hydrogen (secondary N) is 2. The fraction of sp³-hybridized carbons (Fsp3) is 0.692. The van der Waals surface area contributed by atoms with Crippen LogP contribution in [0.4, 0.5) is 11.5 Å². The van der Waals surface area contributed by atoms with Crippen molar-refractivity contribution in [2.75, 3.05) is 30.8 Å². The van der Waals surface area contributed by atoms with Crippen molar-refractivity contribution in [1.29, 1.82) is 0 Å². The molecule has 0 aliphatic rings. The van der Waals surface area contributed by atoms with E-state index < -0.39 is 11.2 Å². The molecule has 0 aliphatic heterocycles. The minimum absolute atomic E-state index is 0.190. The first kappa shape index (κ1) is 16.3. The molecule has 0 aromatic carbocycles. The second-order valence-corrected chi connectivity index (χ2v) is 4.56. The largest absolute Gasteiger partial charge is 0.383 e. The van der Waals surface area contributed by atoms with Crippen molar-refractivity contribution in [2.24, 2.45) is 0 Å². The maximum atomic E-state index is 11.7. The van der Waals surface area contributed by atoms with Crippen molar-refractivity contribution < 1.29 is 4.74 Å². The van der Waals surface area contributed by atoms with Gasteiger partial charge in [-0.1, -0.05) is 13.8 Å². The van der Waals surface area contributed by atoms with Gasteiger partial charge in [-0.3, -0.25) is 14.3 Å². The van der Waals surface area contributed by atoms with Crippen LogP contribution >= 0.6 is 0 Å². The lowest BCUT2D eigenvalue weighted by molar-refractivity contribution is 0.134. The molecule has 0 amide bonds. The highest BCUT2D eigenvalue weighted by Crippen LogP contribution is 2.10. The van der Waals surface area contributed by atoms with Gasteiger partial charge in [-0.15, -0.1) is 0 Å². The summed E-state index contributed by atoms with van der Waals surface area (Å²) in [6, 6.07) is 0. The van der Waals surface area contributed by atoms with Crippen LogP contribution in [-0.4, -0.2) is 29.3 Å². The molecule has 0 radical (unpaired) electrons. The minimum Gasteiger partial charge on any atom is -0.383 e. The van der Waals surface area contributed by atoms with Gasteiger partial charge in [-0.2, -0.15) is 0 Å². The molecule has 1 heterocycles. The van der Waals surface area contributed by atoms with E-state index >= 15 is 0 Å². The van der Waals surface area contributed by atoms with Crippen LogP contribution in [0, 0.1) is 0 Å². The summed E-state index contributed by atoms with van der Waals surface area (Å²) in [4.78, 5) is 25.6. The second-order valence-electron chi connectivity index (χ2n) is 4.56. The van der Waals surface area contributed by atoms with E-state index in [4.69, 9.17) is 10.5 Å². The Kier molecular flexibility index (Phi) is 6.86. The molecule has 1 rings (SSSR count). The highest BCUT2D eigenvalue weighted by Gasteiger charge is 2.10. The van der Waals surface area contributed by atoms with Crippen LogP contribution in [0.1, 0.15) is 33.1 Å². The number of nitrogens with two attached hydrogens (primary N) is 1. The SMILES string of the molecule is CCCOCCCNc1c(N)n(CCC)c(=O)[nH]c1=O. The highest BCUT2D eigenvalue weighted by atomic mass is 16.5. The van der Waals surface area contributed by atoms with Crippen LogP contribution in [0.15, 0.2) is 9.59 Å². The molecule has 0 atom stereocenters. The molecule has 0 saturated carbocycles. The van der Waals surface area contributed by atoms with Crippen molar-refractivity contribution in [2.45, 2.75) is 39.7 Å². The van der Waals surface area contributed by atoms with Gasteiger partial charge in [0.25, 0.3) is 5.56 Å². The van der Waals surface area contributed by atoms with Gasteiger partial charge in [0, 0.05) is 26.3 Å². The molecule has 0 saturated heterocycles. The van der Waals surface area contributed by atoms with Crippen LogP contribution in [0.5, 0.6) is 0 Å². The summed E-state index contributed by atoms with van der Waals surface area (Å²) < 4.78 is 6.72. The third-order valence-electron chi connectivity index (χ3n) is 2.80. The first-order chi connectivity index (χ1) is 9.61. The van der Waals surface area contributed by atoms with Crippen LogP contribution in [0.3, 0.4) is 0 Å². The van der Waals surface area contributed by atoms with Crippen LogP contribution in [0.2, 0.25) is 0 Å². The number of nitrogen functional groups attached to an aromatic ring is 1. The molecular formula is C13H24N4O3. The number of nitrogens with zero attached hydrogens (tertiary/aromatic N) is 1. The summed E-state index contributed by atoms with van der Waals surface area (Å²) in [5.41, 5.74) is 5.20. The number of ether oxygens (including phenoxy) is 1. The van der Waals surface area contributed by atoms with Gasteiger partial charge in [0.1, 0.15) is 11.5 Å². The van der Waals surface area contributed by atoms with E-state index in [1.165, 1.54) is 4.57 Å². The zero-order valence-electron chi connectivity index (χ0n) is 12.2. The monoisotopic (exact) mass is 284 g/mol. The standard InChI is InChI=1S/C13H24N4O3/c1-3-7-17-11(14)10(12(18)16-13(17)19)15-6-5-9-20-8-4-2/h15H,3-9,14H2,1-2H3,(H,16,18,19). The molecule has 0 spiro atoms. The molecule has 1 aromatic heterocycles. The summed E-state index contributed by atoms with van der Waals surface area (Å²) in [6.07, 6.45) is 2.52.